The minimum Gasteiger partial charge on any atom is -0.490 e. The molecule has 148 valence electrons. The number of carbonyl (C=O) groups excluding carboxylic acids is 1. The first kappa shape index (κ1) is 19.7. The molecule has 0 aliphatic carbocycles. The number of anilines is 1. The zero-order valence-corrected chi connectivity index (χ0v) is 17.0. The van der Waals surface area contributed by atoms with Gasteiger partial charge in [-0.05, 0) is 59.8 Å². The molecule has 1 saturated heterocycles. The summed E-state index contributed by atoms with van der Waals surface area (Å²) in [7, 11) is 0. The molecule has 0 spiro atoms. The van der Waals surface area contributed by atoms with E-state index in [1.54, 1.807) is 17.2 Å². The normalized spacial score (nSPS) is 16.3. The largest absolute Gasteiger partial charge is 0.490 e. The third kappa shape index (κ3) is 4.50. The molecule has 0 atom stereocenters. The van der Waals surface area contributed by atoms with Gasteiger partial charge in [0.05, 0.1) is 10.6 Å². The Labute approximate surface area is 179 Å². The van der Waals surface area contributed by atoms with Crippen LogP contribution in [0.25, 0.3) is 6.08 Å². The number of rotatable bonds is 6. The van der Waals surface area contributed by atoms with Crippen LogP contribution in [0.3, 0.4) is 0 Å². The molecular formula is C24H19N3O2S. The second kappa shape index (κ2) is 9.24. The summed E-state index contributed by atoms with van der Waals surface area (Å²) in [5.41, 5.74) is 1.67. The van der Waals surface area contributed by atoms with Crippen LogP contribution >= 0.6 is 11.8 Å². The Morgan fingerprint density at radius 1 is 1.03 bits per heavy atom. The molecule has 0 radical (unpaired) electrons. The van der Waals surface area contributed by atoms with Crippen molar-refractivity contribution in [3.8, 4) is 5.75 Å². The number of para-hydroxylation sites is 1. The smallest absolute Gasteiger partial charge is 0.271 e. The molecule has 1 aliphatic heterocycles. The van der Waals surface area contributed by atoms with Gasteiger partial charge in [0.1, 0.15) is 12.4 Å². The maximum Gasteiger partial charge on any atom is 0.271 e. The van der Waals surface area contributed by atoms with E-state index in [0.717, 1.165) is 17.0 Å². The molecular weight excluding hydrogens is 394 g/mol. The van der Waals surface area contributed by atoms with Crippen LogP contribution in [-0.2, 0) is 4.79 Å². The van der Waals surface area contributed by atoms with E-state index in [0.29, 0.717) is 22.5 Å². The van der Waals surface area contributed by atoms with Gasteiger partial charge in [-0.1, -0.05) is 49.1 Å². The minimum absolute atomic E-state index is 0.118. The van der Waals surface area contributed by atoms with Crippen molar-refractivity contribution in [2.45, 2.75) is 0 Å². The second-order valence-electron chi connectivity index (χ2n) is 6.34. The molecule has 1 aromatic heterocycles. The maximum absolute atomic E-state index is 13.2. The molecule has 0 bridgehead atoms. The average Bonchev–Trinajstić information content (AvgIpc) is 3.09. The Morgan fingerprint density at radius 3 is 2.50 bits per heavy atom. The first-order valence-electron chi connectivity index (χ1n) is 9.37. The van der Waals surface area contributed by atoms with Gasteiger partial charge in [0.25, 0.3) is 5.91 Å². The number of hydrogen-bond donors (Lipinski definition) is 0. The average molecular weight is 414 g/mol. The highest BCUT2D eigenvalue weighted by atomic mass is 32.2. The van der Waals surface area contributed by atoms with Crippen molar-refractivity contribution in [2.75, 3.05) is 11.5 Å². The van der Waals surface area contributed by atoms with Crippen LogP contribution in [0.5, 0.6) is 5.75 Å². The predicted octanol–water partition coefficient (Wildman–Crippen LogP) is 5.46. The Kier molecular flexibility index (Phi) is 6.06. The Bertz CT molecular complexity index is 1090. The van der Waals surface area contributed by atoms with Gasteiger partial charge in [-0.2, -0.15) is 0 Å². The molecule has 2 aromatic carbocycles. The summed E-state index contributed by atoms with van der Waals surface area (Å²) in [4.78, 5) is 24.3. The topological polar surface area (TPSA) is 54.8 Å². The highest BCUT2D eigenvalue weighted by Gasteiger charge is 2.34. The molecule has 1 fully saturated rings. The fourth-order valence-corrected chi connectivity index (χ4v) is 3.83. The highest BCUT2D eigenvalue weighted by Crippen LogP contribution is 2.37. The lowest BCUT2D eigenvalue weighted by Gasteiger charge is -2.15. The van der Waals surface area contributed by atoms with Crippen LogP contribution in [0, 0.1) is 0 Å². The summed E-state index contributed by atoms with van der Waals surface area (Å²) in [6, 6.07) is 22.6. The van der Waals surface area contributed by atoms with Gasteiger partial charge < -0.3 is 4.74 Å². The van der Waals surface area contributed by atoms with Gasteiger partial charge in [0, 0.05) is 6.20 Å². The van der Waals surface area contributed by atoms with Crippen molar-refractivity contribution in [3.05, 3.63) is 102 Å². The van der Waals surface area contributed by atoms with E-state index in [2.05, 4.69) is 16.6 Å². The molecule has 3 aromatic rings. The van der Waals surface area contributed by atoms with Crippen LogP contribution in [0.4, 0.5) is 11.5 Å². The van der Waals surface area contributed by atoms with E-state index < -0.39 is 0 Å². The third-order valence-corrected chi connectivity index (χ3v) is 5.19. The minimum atomic E-state index is -0.118. The molecule has 6 heteroatoms. The summed E-state index contributed by atoms with van der Waals surface area (Å²) in [5.74, 6) is 1.19. The molecule has 2 heterocycles. The van der Waals surface area contributed by atoms with Crippen molar-refractivity contribution in [1.82, 2.24) is 4.98 Å². The van der Waals surface area contributed by atoms with Crippen LogP contribution in [0.15, 0.2) is 102 Å². The Morgan fingerprint density at radius 2 is 1.80 bits per heavy atom. The fraction of sp³-hybridized carbons (Fsp3) is 0.0417. The Hall–Kier alpha value is -3.64. The van der Waals surface area contributed by atoms with Crippen LogP contribution < -0.4 is 9.64 Å². The van der Waals surface area contributed by atoms with E-state index in [-0.39, 0.29) is 5.91 Å². The third-order valence-electron chi connectivity index (χ3n) is 4.23. The number of ether oxygens (including phenoxy) is 1. The number of aromatic nitrogens is 1. The van der Waals surface area contributed by atoms with Crippen LogP contribution in [0.1, 0.15) is 5.56 Å². The summed E-state index contributed by atoms with van der Waals surface area (Å²) in [5, 5.41) is 0.571. The summed E-state index contributed by atoms with van der Waals surface area (Å²) < 4.78 is 5.51. The fourth-order valence-electron chi connectivity index (χ4n) is 2.84. The maximum atomic E-state index is 13.2. The number of thioether (sulfide) groups is 1. The monoisotopic (exact) mass is 413 g/mol. The molecule has 1 aliphatic rings. The van der Waals surface area contributed by atoms with Gasteiger partial charge in [0.2, 0.25) is 0 Å². The van der Waals surface area contributed by atoms with Gasteiger partial charge >= 0.3 is 0 Å². The van der Waals surface area contributed by atoms with Crippen molar-refractivity contribution >= 4 is 40.4 Å². The number of hydrogen-bond acceptors (Lipinski definition) is 5. The van der Waals surface area contributed by atoms with E-state index >= 15 is 0 Å². The first-order valence-corrected chi connectivity index (χ1v) is 10.2. The van der Waals surface area contributed by atoms with Crippen molar-refractivity contribution in [2.24, 2.45) is 4.99 Å². The molecule has 4 rings (SSSR count). The number of benzene rings is 2. The predicted molar refractivity (Wildman–Crippen MR) is 123 cm³/mol. The zero-order chi connectivity index (χ0) is 20.8. The Balaban J connectivity index is 1.66. The molecule has 0 N–H and O–H groups in total. The van der Waals surface area contributed by atoms with Gasteiger partial charge in [-0.25, -0.2) is 9.98 Å². The summed E-state index contributed by atoms with van der Waals surface area (Å²) >= 11 is 1.33. The lowest BCUT2D eigenvalue weighted by molar-refractivity contribution is -0.113. The van der Waals surface area contributed by atoms with Crippen molar-refractivity contribution in [3.63, 3.8) is 0 Å². The standard InChI is InChI=1S/C24H19N3O2S/c1-2-16-29-20-13-11-18(12-14-20)17-21-23(28)27(19-8-4-3-5-9-19)24(30-21)26-22-10-6-7-15-25-22/h2-15,17H,1,16H2/b21-17-,26-24+. The van der Waals surface area contributed by atoms with Crippen LogP contribution in [-0.4, -0.2) is 22.7 Å². The van der Waals surface area contributed by atoms with Gasteiger partial charge in [-0.3, -0.25) is 9.69 Å². The highest BCUT2D eigenvalue weighted by molar-refractivity contribution is 8.19. The van der Waals surface area contributed by atoms with E-state index in [9.17, 15) is 4.79 Å². The van der Waals surface area contributed by atoms with E-state index in [1.165, 1.54) is 11.8 Å². The number of aliphatic imine (C=N–C) groups is 1. The van der Waals surface area contributed by atoms with Crippen molar-refractivity contribution in [1.29, 1.82) is 0 Å². The van der Waals surface area contributed by atoms with E-state index in [1.807, 2.05) is 78.9 Å². The number of nitrogens with zero attached hydrogens (tertiary/aromatic N) is 3. The molecule has 0 saturated carbocycles. The molecule has 1 amide bonds. The number of pyridine rings is 1. The lowest BCUT2D eigenvalue weighted by atomic mass is 10.2. The lowest BCUT2D eigenvalue weighted by Crippen LogP contribution is -2.28. The SMILES string of the molecule is C=CCOc1ccc(/C=C2\S/C(=N/c3ccccn3)N(c3ccccc3)C2=O)cc1. The molecule has 0 unspecified atom stereocenters. The molecule has 5 nitrogen and oxygen atoms in total. The van der Waals surface area contributed by atoms with E-state index in [4.69, 9.17) is 4.74 Å². The van der Waals surface area contributed by atoms with Crippen LogP contribution in [0.2, 0.25) is 0 Å². The quantitative estimate of drug-likeness (QED) is 0.398. The van der Waals surface area contributed by atoms with Crippen molar-refractivity contribution < 1.29 is 9.53 Å². The number of amidine groups is 1. The summed E-state index contributed by atoms with van der Waals surface area (Å²) in [6.07, 6.45) is 5.24. The molecule has 30 heavy (non-hydrogen) atoms. The van der Waals surface area contributed by atoms with Gasteiger partial charge in [-0.15, -0.1) is 0 Å². The number of amides is 1. The van der Waals surface area contributed by atoms with Gasteiger partial charge in [0.15, 0.2) is 11.0 Å². The zero-order valence-electron chi connectivity index (χ0n) is 16.1. The second-order valence-corrected chi connectivity index (χ2v) is 7.35. The number of carbonyl (C=O) groups is 1. The first-order chi connectivity index (χ1) is 14.7. The summed E-state index contributed by atoms with van der Waals surface area (Å²) in [6.45, 7) is 4.10.